The molecule has 0 aromatic heterocycles. The van der Waals surface area contributed by atoms with Crippen molar-refractivity contribution in [3.8, 4) is 0 Å². The van der Waals surface area contributed by atoms with Gasteiger partial charge in [0.25, 0.3) is 0 Å². The van der Waals surface area contributed by atoms with E-state index < -0.39 is 5.60 Å². The van der Waals surface area contributed by atoms with Crippen molar-refractivity contribution in [3.63, 3.8) is 0 Å². The lowest BCUT2D eigenvalue weighted by Crippen LogP contribution is -2.55. The Bertz CT molecular complexity index is 469. The lowest BCUT2D eigenvalue weighted by molar-refractivity contribution is -0.112. The first-order valence-electron chi connectivity index (χ1n) is 8.43. The Morgan fingerprint density at radius 2 is 1.45 bits per heavy atom. The Kier molecular flexibility index (Phi) is 3.97. The van der Waals surface area contributed by atoms with Gasteiger partial charge < -0.3 is 14.4 Å². The minimum absolute atomic E-state index is 0.168. The molecule has 2 rings (SSSR count). The molecule has 3 nitrogen and oxygen atoms in total. The summed E-state index contributed by atoms with van der Waals surface area (Å²) in [5.41, 5.74) is -0.895. The zero-order valence-electron chi connectivity index (χ0n) is 15.8. The van der Waals surface area contributed by atoms with E-state index in [1.807, 2.05) is 6.08 Å². The average molecular weight is 308 g/mol. The van der Waals surface area contributed by atoms with Crippen molar-refractivity contribution < 1.29 is 14.4 Å². The summed E-state index contributed by atoms with van der Waals surface area (Å²) in [4.78, 5) is 0. The first kappa shape index (κ1) is 18.0. The smallest absolute Gasteiger partial charge is 0.400 e. The van der Waals surface area contributed by atoms with E-state index in [0.29, 0.717) is 0 Å². The largest absolute Gasteiger partial charge is 0.490 e. The molecular formula is C18H33BO3. The van der Waals surface area contributed by atoms with E-state index >= 15 is 0 Å². The van der Waals surface area contributed by atoms with Gasteiger partial charge in [-0.2, -0.15) is 0 Å². The summed E-state index contributed by atoms with van der Waals surface area (Å²) >= 11 is 0. The third kappa shape index (κ3) is 2.57. The number of allylic oxidation sites excluding steroid dienone is 1. The van der Waals surface area contributed by atoms with Crippen molar-refractivity contribution >= 4 is 7.12 Å². The maximum atomic E-state index is 11.4. The molecule has 0 amide bonds. The summed E-state index contributed by atoms with van der Waals surface area (Å²) in [7, 11) is -0.352. The minimum Gasteiger partial charge on any atom is -0.400 e. The maximum Gasteiger partial charge on any atom is 0.490 e. The molecule has 1 fully saturated rings. The Morgan fingerprint density at radius 3 is 1.86 bits per heavy atom. The van der Waals surface area contributed by atoms with Crippen LogP contribution in [-0.4, -0.2) is 29.0 Å². The molecule has 22 heavy (non-hydrogen) atoms. The van der Waals surface area contributed by atoms with Gasteiger partial charge in [0.15, 0.2) is 0 Å². The van der Waals surface area contributed by atoms with Gasteiger partial charge in [-0.05, 0) is 56.8 Å². The summed E-state index contributed by atoms with van der Waals surface area (Å²) in [6.07, 6.45) is 3.86. The van der Waals surface area contributed by atoms with Crippen LogP contribution in [0.5, 0.6) is 0 Å². The molecule has 126 valence electrons. The second kappa shape index (κ2) is 4.84. The Hall–Kier alpha value is -0.315. The van der Waals surface area contributed by atoms with Crippen LogP contribution in [0.15, 0.2) is 11.5 Å². The van der Waals surface area contributed by atoms with Crippen molar-refractivity contribution in [2.75, 3.05) is 0 Å². The standard InChI is InChI=1S/C18H33BO3/c1-14(2,3)18(20)12-13(10-11-15(18,4)5)19-21-16(6,7)17(8,9)22-19/h12,20H,10-11H2,1-9H3/t18-/m1/s1. The molecule has 0 aromatic rings. The molecule has 0 aromatic carbocycles. The first-order chi connectivity index (χ1) is 9.63. The van der Waals surface area contributed by atoms with E-state index in [0.717, 1.165) is 18.3 Å². The molecule has 1 heterocycles. The Labute approximate surface area is 136 Å². The molecule has 1 atom stereocenters. The van der Waals surface area contributed by atoms with Crippen LogP contribution in [0.25, 0.3) is 0 Å². The number of rotatable bonds is 1. The molecule has 1 saturated heterocycles. The number of hydrogen-bond acceptors (Lipinski definition) is 3. The van der Waals surface area contributed by atoms with Gasteiger partial charge in [0, 0.05) is 0 Å². The van der Waals surface area contributed by atoms with Crippen molar-refractivity contribution in [3.05, 3.63) is 11.5 Å². The molecule has 1 aliphatic carbocycles. The highest BCUT2D eigenvalue weighted by molar-refractivity contribution is 6.54. The van der Waals surface area contributed by atoms with Gasteiger partial charge in [-0.3, -0.25) is 0 Å². The lowest BCUT2D eigenvalue weighted by Gasteiger charge is -2.52. The minimum atomic E-state index is -0.878. The quantitative estimate of drug-likeness (QED) is 0.740. The van der Waals surface area contributed by atoms with Gasteiger partial charge in [-0.15, -0.1) is 0 Å². The van der Waals surface area contributed by atoms with E-state index in [1.54, 1.807) is 0 Å². The fourth-order valence-electron chi connectivity index (χ4n) is 3.60. The average Bonchev–Trinajstić information content (AvgIpc) is 2.50. The van der Waals surface area contributed by atoms with Crippen LogP contribution in [0, 0.1) is 10.8 Å². The van der Waals surface area contributed by atoms with Crippen LogP contribution in [0.3, 0.4) is 0 Å². The number of hydrogen-bond donors (Lipinski definition) is 1. The molecule has 4 heteroatoms. The van der Waals surface area contributed by atoms with Crippen LogP contribution >= 0.6 is 0 Å². The zero-order valence-corrected chi connectivity index (χ0v) is 15.8. The van der Waals surface area contributed by atoms with Crippen molar-refractivity contribution in [2.45, 2.75) is 92.0 Å². The Morgan fingerprint density at radius 1 is 1.00 bits per heavy atom. The molecule has 0 bridgehead atoms. The molecule has 0 unspecified atom stereocenters. The fourth-order valence-corrected chi connectivity index (χ4v) is 3.60. The second-order valence-corrected chi connectivity index (χ2v) is 9.71. The van der Waals surface area contributed by atoms with Gasteiger partial charge in [0.1, 0.15) is 0 Å². The van der Waals surface area contributed by atoms with Crippen molar-refractivity contribution in [1.82, 2.24) is 0 Å². The maximum absolute atomic E-state index is 11.4. The molecule has 0 spiro atoms. The topological polar surface area (TPSA) is 38.7 Å². The van der Waals surface area contributed by atoms with Crippen LogP contribution in [0.1, 0.15) is 75.2 Å². The lowest BCUT2D eigenvalue weighted by atomic mass is 9.54. The van der Waals surface area contributed by atoms with E-state index in [2.05, 4.69) is 62.3 Å². The van der Waals surface area contributed by atoms with Crippen LogP contribution in [0.4, 0.5) is 0 Å². The SMILES string of the molecule is CC1(C)OB(C2=C[C@@](O)(C(C)(C)C)C(C)(C)CC2)OC1(C)C. The third-order valence-corrected chi connectivity index (χ3v) is 6.16. The zero-order chi connectivity index (χ0) is 17.2. The fraction of sp³-hybridized carbons (Fsp3) is 0.889. The van der Waals surface area contributed by atoms with E-state index in [-0.39, 0.29) is 29.2 Å². The summed E-state index contributed by atoms with van der Waals surface area (Å²) in [6.45, 7) is 18.8. The molecule has 2 aliphatic rings. The van der Waals surface area contributed by atoms with Crippen molar-refractivity contribution in [2.24, 2.45) is 10.8 Å². The first-order valence-corrected chi connectivity index (χ1v) is 8.43. The van der Waals surface area contributed by atoms with Gasteiger partial charge >= 0.3 is 7.12 Å². The van der Waals surface area contributed by atoms with Crippen LogP contribution in [-0.2, 0) is 9.31 Å². The second-order valence-electron chi connectivity index (χ2n) is 9.71. The third-order valence-electron chi connectivity index (χ3n) is 6.16. The normalized spacial score (nSPS) is 33.7. The van der Waals surface area contributed by atoms with Crippen LogP contribution < -0.4 is 0 Å². The number of aliphatic hydroxyl groups is 1. The summed E-state index contributed by atoms with van der Waals surface area (Å²) in [6, 6.07) is 0. The molecule has 0 saturated carbocycles. The summed E-state index contributed by atoms with van der Waals surface area (Å²) < 4.78 is 12.4. The van der Waals surface area contributed by atoms with E-state index in [1.165, 1.54) is 0 Å². The highest BCUT2D eigenvalue weighted by Crippen LogP contribution is 2.52. The summed E-state index contributed by atoms with van der Waals surface area (Å²) in [5.74, 6) is 0. The van der Waals surface area contributed by atoms with E-state index in [9.17, 15) is 5.11 Å². The Balaban J connectivity index is 2.39. The predicted molar refractivity (Wildman–Crippen MR) is 91.6 cm³/mol. The highest BCUT2D eigenvalue weighted by atomic mass is 16.7. The van der Waals surface area contributed by atoms with Crippen molar-refractivity contribution in [1.29, 1.82) is 0 Å². The van der Waals surface area contributed by atoms with Gasteiger partial charge in [-0.1, -0.05) is 40.7 Å². The molecule has 1 aliphatic heterocycles. The predicted octanol–water partition coefficient (Wildman–Crippen LogP) is 4.14. The molecular weight excluding hydrogens is 275 g/mol. The van der Waals surface area contributed by atoms with E-state index in [4.69, 9.17) is 9.31 Å². The van der Waals surface area contributed by atoms with Gasteiger partial charge in [0.05, 0.1) is 16.8 Å². The monoisotopic (exact) mass is 308 g/mol. The van der Waals surface area contributed by atoms with Gasteiger partial charge in [0.2, 0.25) is 0 Å². The van der Waals surface area contributed by atoms with Gasteiger partial charge in [-0.25, -0.2) is 0 Å². The van der Waals surface area contributed by atoms with Crippen LogP contribution in [0.2, 0.25) is 0 Å². The molecule has 0 radical (unpaired) electrons. The highest BCUT2D eigenvalue weighted by Gasteiger charge is 2.57. The molecule has 1 N–H and O–H groups in total. The summed E-state index contributed by atoms with van der Waals surface area (Å²) in [5, 5.41) is 11.4.